The van der Waals surface area contributed by atoms with Crippen molar-refractivity contribution < 1.29 is 14.7 Å². The van der Waals surface area contributed by atoms with Gasteiger partial charge in [0.2, 0.25) is 0 Å². The lowest BCUT2D eigenvalue weighted by atomic mass is 10.3. The van der Waals surface area contributed by atoms with Gasteiger partial charge in [0.15, 0.2) is 0 Å². The summed E-state index contributed by atoms with van der Waals surface area (Å²) in [6.07, 6.45) is 4.65. The summed E-state index contributed by atoms with van der Waals surface area (Å²) in [4.78, 5) is 26.5. The first kappa shape index (κ1) is 15.4. The van der Waals surface area contributed by atoms with Crippen molar-refractivity contribution >= 4 is 23.8 Å². The first-order valence-corrected chi connectivity index (χ1v) is 8.29. The van der Waals surface area contributed by atoms with Crippen molar-refractivity contribution in [3.8, 4) is 0 Å². The molecule has 1 aliphatic heterocycles. The highest BCUT2D eigenvalue weighted by atomic mass is 32.2. The third-order valence-corrected chi connectivity index (χ3v) is 5.52. The molecule has 7 heteroatoms. The summed E-state index contributed by atoms with van der Waals surface area (Å²) in [7, 11) is 0. The highest BCUT2D eigenvalue weighted by Gasteiger charge is 2.42. The van der Waals surface area contributed by atoms with E-state index in [9.17, 15) is 9.59 Å². The summed E-state index contributed by atoms with van der Waals surface area (Å²) in [6.45, 7) is 4.20. The van der Waals surface area contributed by atoms with Gasteiger partial charge in [0.1, 0.15) is 0 Å². The van der Waals surface area contributed by atoms with Gasteiger partial charge in [0.05, 0.1) is 6.42 Å². The smallest absolute Gasteiger partial charge is 0.317 e. The molecule has 2 rings (SSSR count). The van der Waals surface area contributed by atoms with E-state index in [1.165, 1.54) is 12.8 Å². The van der Waals surface area contributed by atoms with E-state index in [1.54, 1.807) is 0 Å². The molecule has 0 radical (unpaired) electrons. The minimum atomic E-state index is -0.767. The lowest BCUT2D eigenvalue weighted by Gasteiger charge is -2.34. The van der Waals surface area contributed by atoms with E-state index in [0.717, 1.165) is 19.6 Å². The Bertz CT molecular complexity index is 366. The minimum Gasteiger partial charge on any atom is -0.481 e. The van der Waals surface area contributed by atoms with Gasteiger partial charge in [-0.3, -0.25) is 9.69 Å². The molecule has 2 N–H and O–H groups in total. The summed E-state index contributed by atoms with van der Waals surface area (Å²) in [5.74, 6) is -0.767. The van der Waals surface area contributed by atoms with Gasteiger partial charge in [-0.25, -0.2) is 4.79 Å². The quantitative estimate of drug-likeness (QED) is 0.755. The number of carbonyl (C=O) groups is 2. The van der Waals surface area contributed by atoms with Gasteiger partial charge >= 0.3 is 12.0 Å². The molecular weight excluding hydrogens is 278 g/mol. The van der Waals surface area contributed by atoms with E-state index in [1.807, 2.05) is 16.7 Å². The van der Waals surface area contributed by atoms with Crippen LogP contribution < -0.4 is 5.32 Å². The van der Waals surface area contributed by atoms with Crippen LogP contribution in [-0.4, -0.2) is 77.2 Å². The van der Waals surface area contributed by atoms with E-state index in [0.29, 0.717) is 24.4 Å². The summed E-state index contributed by atoms with van der Waals surface area (Å²) >= 11 is 1.84. The Morgan fingerprint density at radius 1 is 1.25 bits per heavy atom. The number of hydrogen-bond donors (Lipinski definition) is 2. The number of amides is 2. The lowest BCUT2D eigenvalue weighted by Crippen LogP contribution is -2.52. The molecule has 1 heterocycles. The van der Waals surface area contributed by atoms with Crippen LogP contribution in [0.15, 0.2) is 0 Å². The molecule has 114 valence electrons. The number of carbonyl (C=O) groups excluding carboxylic acids is 1. The number of urea groups is 1. The van der Waals surface area contributed by atoms with Gasteiger partial charge in [-0.2, -0.15) is 11.8 Å². The molecule has 0 unspecified atom stereocenters. The Morgan fingerprint density at radius 3 is 2.40 bits per heavy atom. The lowest BCUT2D eigenvalue weighted by molar-refractivity contribution is -0.137. The number of carboxylic acids is 1. The molecule has 0 aromatic heterocycles. The zero-order chi connectivity index (χ0) is 14.6. The van der Waals surface area contributed by atoms with Gasteiger partial charge < -0.3 is 15.3 Å². The number of carboxylic acid groups (broad SMARTS) is 1. The third kappa shape index (κ3) is 4.28. The van der Waals surface area contributed by atoms with Crippen LogP contribution in [0.25, 0.3) is 0 Å². The van der Waals surface area contributed by atoms with Crippen LogP contribution >= 0.6 is 11.8 Å². The largest absolute Gasteiger partial charge is 0.481 e. The zero-order valence-corrected chi connectivity index (χ0v) is 12.7. The number of hydrogen-bond acceptors (Lipinski definition) is 4. The number of piperazine rings is 1. The van der Waals surface area contributed by atoms with Crippen molar-refractivity contribution in [2.75, 3.05) is 45.5 Å². The van der Waals surface area contributed by atoms with Crippen LogP contribution in [0.5, 0.6) is 0 Å². The second-order valence-electron chi connectivity index (χ2n) is 5.52. The van der Waals surface area contributed by atoms with Crippen molar-refractivity contribution in [3.05, 3.63) is 0 Å². The average Bonchev–Trinajstić information content (AvgIpc) is 3.24. The second-order valence-corrected chi connectivity index (χ2v) is 6.79. The number of nitrogens with zero attached hydrogens (tertiary/aromatic N) is 2. The van der Waals surface area contributed by atoms with E-state index < -0.39 is 5.97 Å². The predicted octanol–water partition coefficient (Wildman–Crippen LogP) is 0.684. The summed E-state index contributed by atoms with van der Waals surface area (Å²) < 4.78 is 0.291. The molecule has 0 bridgehead atoms. The highest BCUT2D eigenvalue weighted by Crippen LogP contribution is 2.46. The average molecular weight is 301 g/mol. The highest BCUT2D eigenvalue weighted by molar-refractivity contribution is 8.00. The molecule has 0 spiro atoms. The maximum Gasteiger partial charge on any atom is 0.317 e. The van der Waals surface area contributed by atoms with Gasteiger partial charge in [0.25, 0.3) is 0 Å². The SMILES string of the molecule is CSC1(CNC(=O)N2CCN(CCC(=O)O)CC2)CC1. The van der Waals surface area contributed by atoms with Gasteiger partial charge in [0, 0.05) is 44.0 Å². The predicted molar refractivity (Wildman–Crippen MR) is 79.1 cm³/mol. The van der Waals surface area contributed by atoms with Crippen LogP contribution in [0.2, 0.25) is 0 Å². The monoisotopic (exact) mass is 301 g/mol. The zero-order valence-electron chi connectivity index (χ0n) is 11.9. The maximum absolute atomic E-state index is 12.1. The molecule has 2 fully saturated rings. The van der Waals surface area contributed by atoms with Crippen molar-refractivity contribution in [1.29, 1.82) is 0 Å². The standard InChI is InChI=1S/C13H23N3O3S/c1-20-13(3-4-13)10-14-12(19)16-8-6-15(7-9-16)5-2-11(17)18/h2-10H2,1H3,(H,14,19)(H,17,18). The molecule has 2 amide bonds. The van der Waals surface area contributed by atoms with Crippen LogP contribution in [0, 0.1) is 0 Å². The molecule has 1 saturated carbocycles. The molecule has 0 aromatic carbocycles. The van der Waals surface area contributed by atoms with Crippen LogP contribution in [0.1, 0.15) is 19.3 Å². The van der Waals surface area contributed by atoms with Crippen LogP contribution in [0.4, 0.5) is 4.79 Å². The molecule has 20 heavy (non-hydrogen) atoms. The van der Waals surface area contributed by atoms with Gasteiger partial charge in [-0.15, -0.1) is 0 Å². The van der Waals surface area contributed by atoms with E-state index in [4.69, 9.17) is 5.11 Å². The fourth-order valence-corrected chi connectivity index (χ4v) is 3.10. The Kier molecular flexibility index (Phi) is 5.15. The Morgan fingerprint density at radius 2 is 1.90 bits per heavy atom. The first-order valence-electron chi connectivity index (χ1n) is 7.07. The van der Waals surface area contributed by atoms with Gasteiger partial charge in [-0.05, 0) is 19.1 Å². The van der Waals surface area contributed by atoms with E-state index >= 15 is 0 Å². The Hall–Kier alpha value is -0.950. The van der Waals surface area contributed by atoms with Gasteiger partial charge in [-0.1, -0.05) is 0 Å². The van der Waals surface area contributed by atoms with Crippen molar-refractivity contribution in [1.82, 2.24) is 15.1 Å². The third-order valence-electron chi connectivity index (χ3n) is 4.10. The Balaban J connectivity index is 1.65. The molecule has 1 saturated heterocycles. The van der Waals surface area contributed by atoms with Crippen LogP contribution in [-0.2, 0) is 4.79 Å². The molecule has 0 aromatic rings. The molecule has 1 aliphatic carbocycles. The minimum absolute atomic E-state index is 0.0169. The van der Waals surface area contributed by atoms with Crippen molar-refractivity contribution in [3.63, 3.8) is 0 Å². The van der Waals surface area contributed by atoms with Crippen molar-refractivity contribution in [2.24, 2.45) is 0 Å². The first-order chi connectivity index (χ1) is 9.54. The fraction of sp³-hybridized carbons (Fsp3) is 0.846. The number of rotatable bonds is 6. The normalized spacial score (nSPS) is 21.6. The molecule has 2 aliphatic rings. The number of nitrogens with one attached hydrogen (secondary N) is 1. The maximum atomic E-state index is 12.1. The summed E-state index contributed by atoms with van der Waals surface area (Å²) in [5.41, 5.74) is 0. The Labute approximate surface area is 123 Å². The van der Waals surface area contributed by atoms with E-state index in [-0.39, 0.29) is 12.5 Å². The molecule has 0 atom stereocenters. The van der Waals surface area contributed by atoms with E-state index in [2.05, 4.69) is 16.5 Å². The van der Waals surface area contributed by atoms with Crippen LogP contribution in [0.3, 0.4) is 0 Å². The molecular formula is C13H23N3O3S. The summed E-state index contributed by atoms with van der Waals surface area (Å²) in [6, 6.07) is 0.0169. The number of aliphatic carboxylic acids is 1. The number of thioether (sulfide) groups is 1. The summed E-state index contributed by atoms with van der Waals surface area (Å²) in [5, 5.41) is 11.7. The fourth-order valence-electron chi connectivity index (χ4n) is 2.37. The second kappa shape index (κ2) is 6.67. The van der Waals surface area contributed by atoms with Crippen molar-refractivity contribution in [2.45, 2.75) is 24.0 Å². The molecule has 6 nitrogen and oxygen atoms in total. The topological polar surface area (TPSA) is 72.9 Å².